The number of esters is 1. The molecule has 0 spiro atoms. The van der Waals surface area contributed by atoms with Gasteiger partial charge in [0.2, 0.25) is 5.91 Å². The van der Waals surface area contributed by atoms with Crippen molar-refractivity contribution >= 4 is 11.9 Å². The Bertz CT molecular complexity index is 1350. The Morgan fingerprint density at radius 1 is 0.303 bits per heavy atom. The lowest BCUT2D eigenvalue weighted by atomic mass is 10.0. The summed E-state index contributed by atoms with van der Waals surface area (Å²) in [6.45, 7) is 5.01. The minimum absolute atomic E-state index is 0.0242. The van der Waals surface area contributed by atoms with Crippen LogP contribution in [0.3, 0.4) is 0 Å². The van der Waals surface area contributed by atoms with Gasteiger partial charge in [-0.15, -0.1) is 0 Å². The van der Waals surface area contributed by atoms with Crippen LogP contribution in [0.5, 0.6) is 0 Å². The van der Waals surface area contributed by atoms with Gasteiger partial charge < -0.3 is 20.3 Å². The maximum Gasteiger partial charge on any atom is 0.305 e. The minimum atomic E-state index is -0.660. The summed E-state index contributed by atoms with van der Waals surface area (Å²) in [7, 11) is 0. The molecular weight excluding hydrogens is 1090 g/mol. The third-order valence-electron chi connectivity index (χ3n) is 19.8. The average Bonchev–Trinajstić information content (AvgIpc) is 3.56. The lowest BCUT2D eigenvalue weighted by molar-refractivity contribution is -0.143. The Labute approximate surface area is 559 Å². The predicted molar refractivity (Wildman–Crippen MR) is 394 cm³/mol. The molecule has 0 aromatic rings. The summed E-state index contributed by atoms with van der Waals surface area (Å²) >= 11 is 0. The number of hydrogen-bond donors (Lipinski definition) is 3. The highest BCUT2D eigenvalue weighted by atomic mass is 16.5. The number of carbonyl (C=O) groups excluding carboxylic acids is 2. The second-order valence-corrected chi connectivity index (χ2v) is 28.8. The number of nitrogens with one attached hydrogen (secondary N) is 1. The van der Waals surface area contributed by atoms with Crippen LogP contribution in [0.25, 0.3) is 0 Å². The molecule has 0 heterocycles. The number of carbonyl (C=O) groups is 2. The quantitative estimate of drug-likeness (QED) is 0.0320. The van der Waals surface area contributed by atoms with Gasteiger partial charge in [-0.1, -0.05) is 431 Å². The van der Waals surface area contributed by atoms with E-state index in [1.54, 1.807) is 0 Å². The Morgan fingerprint density at radius 3 is 0.798 bits per heavy atom. The molecule has 2 atom stereocenters. The van der Waals surface area contributed by atoms with E-state index < -0.39 is 12.1 Å². The van der Waals surface area contributed by atoms with Gasteiger partial charge in [0.1, 0.15) is 0 Å². The third-order valence-corrected chi connectivity index (χ3v) is 19.8. The smallest absolute Gasteiger partial charge is 0.305 e. The molecule has 89 heavy (non-hydrogen) atoms. The zero-order chi connectivity index (χ0) is 64.2. The fraction of sp³-hybridized carbons (Fsp3) is 0.952. The summed E-state index contributed by atoms with van der Waals surface area (Å²) < 4.78 is 5.52. The molecule has 0 aliphatic carbocycles. The highest BCUT2D eigenvalue weighted by molar-refractivity contribution is 5.76. The summed E-state index contributed by atoms with van der Waals surface area (Å²) in [5.41, 5.74) is 0. The van der Waals surface area contributed by atoms with E-state index in [0.29, 0.717) is 25.9 Å². The highest BCUT2D eigenvalue weighted by Gasteiger charge is 2.20. The molecule has 0 aromatic carbocycles. The molecule has 0 aliphatic heterocycles. The average molecular weight is 1260 g/mol. The zero-order valence-electron chi connectivity index (χ0n) is 61.0. The molecule has 6 heteroatoms. The third kappa shape index (κ3) is 75.5. The van der Waals surface area contributed by atoms with Gasteiger partial charge in [-0.2, -0.15) is 0 Å². The Hall–Kier alpha value is -1.40. The van der Waals surface area contributed by atoms with E-state index in [2.05, 4.69) is 31.3 Å². The second-order valence-electron chi connectivity index (χ2n) is 28.8. The van der Waals surface area contributed by atoms with E-state index in [9.17, 15) is 19.8 Å². The summed E-state index contributed by atoms with van der Waals surface area (Å²) in [6, 6.07) is -0.536. The molecular formula is C83H163NO5. The van der Waals surface area contributed by atoms with Crippen molar-refractivity contribution in [1.82, 2.24) is 5.32 Å². The van der Waals surface area contributed by atoms with Crippen molar-refractivity contribution in [3.8, 4) is 0 Å². The number of aliphatic hydroxyl groups excluding tert-OH is 2. The van der Waals surface area contributed by atoms with Crippen LogP contribution in [-0.4, -0.2) is 47.4 Å². The maximum absolute atomic E-state index is 12.5. The molecule has 6 nitrogen and oxygen atoms in total. The Morgan fingerprint density at radius 2 is 0.528 bits per heavy atom. The Kier molecular flexibility index (Phi) is 77.8. The van der Waals surface area contributed by atoms with Gasteiger partial charge in [0.15, 0.2) is 0 Å². The number of rotatable bonds is 79. The molecule has 0 bridgehead atoms. The van der Waals surface area contributed by atoms with Crippen LogP contribution in [0.2, 0.25) is 0 Å². The normalized spacial score (nSPS) is 12.4. The van der Waals surface area contributed by atoms with Gasteiger partial charge in [-0.3, -0.25) is 9.59 Å². The van der Waals surface area contributed by atoms with E-state index in [4.69, 9.17) is 4.74 Å². The van der Waals surface area contributed by atoms with Crippen molar-refractivity contribution in [2.24, 2.45) is 0 Å². The van der Waals surface area contributed by atoms with E-state index in [1.807, 2.05) is 0 Å². The SMILES string of the molecule is CCCCCCCC/C=C\CCCCCCCCCCCC(=O)OCCCCCCCCCCCCCCCCCCCCCCCCCCCCCCCCCCCCCCCC(=O)NC(CO)C(O)CCCCCCCCCCCCCCCCCC. The Balaban J connectivity index is 3.28. The number of aliphatic hydroxyl groups is 2. The standard InChI is InChI=1S/C83H163NO5/c1-3-5-7-9-11-13-15-17-19-21-41-45-49-53-57-61-65-69-73-77-83(88)89-78-74-70-66-62-58-54-50-46-43-40-38-36-34-32-30-28-26-24-22-23-25-27-29-31-33-35-37-39-42-44-48-52-56-60-64-68-72-76-82(87)84-80(79-85)81(86)75-71-67-63-59-55-51-47-20-18-16-14-12-10-8-6-4-2/h17,19,80-81,85-86H,3-16,18,20-79H2,1-2H3,(H,84,87)/b19-17-. The monoisotopic (exact) mass is 1250 g/mol. The molecule has 0 aromatic heterocycles. The van der Waals surface area contributed by atoms with E-state index in [0.717, 1.165) is 38.5 Å². The van der Waals surface area contributed by atoms with Crippen LogP contribution in [0.15, 0.2) is 12.2 Å². The van der Waals surface area contributed by atoms with Crippen molar-refractivity contribution in [3.05, 3.63) is 12.2 Å². The molecule has 0 saturated heterocycles. The van der Waals surface area contributed by atoms with Crippen LogP contribution in [-0.2, 0) is 14.3 Å². The van der Waals surface area contributed by atoms with Crippen LogP contribution >= 0.6 is 0 Å². The molecule has 0 radical (unpaired) electrons. The largest absolute Gasteiger partial charge is 0.466 e. The number of ether oxygens (including phenoxy) is 1. The van der Waals surface area contributed by atoms with Crippen LogP contribution in [0.1, 0.15) is 483 Å². The molecule has 3 N–H and O–H groups in total. The number of allylic oxidation sites excluding steroid dienone is 2. The summed E-state index contributed by atoms with van der Waals surface area (Å²) in [5, 5.41) is 23.4. The van der Waals surface area contributed by atoms with E-state index in [1.165, 1.54) is 411 Å². The van der Waals surface area contributed by atoms with Gasteiger partial charge in [0.25, 0.3) is 0 Å². The fourth-order valence-corrected chi connectivity index (χ4v) is 13.5. The van der Waals surface area contributed by atoms with Gasteiger partial charge in [0.05, 0.1) is 25.4 Å². The second kappa shape index (κ2) is 79.0. The van der Waals surface area contributed by atoms with Gasteiger partial charge in [0, 0.05) is 12.8 Å². The van der Waals surface area contributed by atoms with E-state index in [-0.39, 0.29) is 18.5 Å². The molecule has 0 rings (SSSR count). The lowest BCUT2D eigenvalue weighted by Gasteiger charge is -2.22. The molecule has 0 fully saturated rings. The number of amides is 1. The van der Waals surface area contributed by atoms with E-state index >= 15 is 0 Å². The minimum Gasteiger partial charge on any atom is -0.466 e. The van der Waals surface area contributed by atoms with Crippen LogP contribution in [0, 0.1) is 0 Å². The molecule has 2 unspecified atom stereocenters. The fourth-order valence-electron chi connectivity index (χ4n) is 13.5. The highest BCUT2D eigenvalue weighted by Crippen LogP contribution is 2.21. The first-order chi connectivity index (χ1) is 44.0. The number of hydrogen-bond acceptors (Lipinski definition) is 5. The van der Waals surface area contributed by atoms with Crippen molar-refractivity contribution in [1.29, 1.82) is 0 Å². The molecule has 0 saturated carbocycles. The van der Waals surface area contributed by atoms with Crippen LogP contribution < -0.4 is 5.32 Å². The van der Waals surface area contributed by atoms with Crippen molar-refractivity contribution in [2.45, 2.75) is 495 Å². The number of unbranched alkanes of at least 4 members (excludes halogenated alkanes) is 66. The summed E-state index contributed by atoms with van der Waals surface area (Å²) in [4.78, 5) is 24.7. The van der Waals surface area contributed by atoms with Crippen LogP contribution in [0.4, 0.5) is 0 Å². The van der Waals surface area contributed by atoms with Gasteiger partial charge in [-0.05, 0) is 51.4 Å². The maximum atomic E-state index is 12.5. The molecule has 530 valence electrons. The first kappa shape index (κ1) is 87.6. The first-order valence-corrected chi connectivity index (χ1v) is 41.4. The first-order valence-electron chi connectivity index (χ1n) is 41.4. The summed E-state index contributed by atoms with van der Waals surface area (Å²) in [5.74, 6) is -0.000452. The molecule has 0 aliphatic rings. The predicted octanol–water partition coefficient (Wildman–Crippen LogP) is 27.4. The lowest BCUT2D eigenvalue weighted by Crippen LogP contribution is -2.45. The summed E-state index contributed by atoms with van der Waals surface area (Å²) in [6.07, 6.45) is 100. The topological polar surface area (TPSA) is 95.9 Å². The van der Waals surface area contributed by atoms with Crippen molar-refractivity contribution in [3.63, 3.8) is 0 Å². The van der Waals surface area contributed by atoms with Gasteiger partial charge >= 0.3 is 5.97 Å². The zero-order valence-corrected chi connectivity index (χ0v) is 61.0. The van der Waals surface area contributed by atoms with Gasteiger partial charge in [-0.25, -0.2) is 0 Å². The molecule has 1 amide bonds. The van der Waals surface area contributed by atoms with Crippen molar-refractivity contribution in [2.75, 3.05) is 13.2 Å². The van der Waals surface area contributed by atoms with Crippen molar-refractivity contribution < 1.29 is 24.5 Å².